The van der Waals surface area contributed by atoms with Gasteiger partial charge in [-0.05, 0) is 77.3 Å². The van der Waals surface area contributed by atoms with Gasteiger partial charge in [0.1, 0.15) is 5.02 Å². The van der Waals surface area contributed by atoms with E-state index in [0.717, 1.165) is 46.1 Å². The zero-order chi connectivity index (χ0) is 37.4. The van der Waals surface area contributed by atoms with E-state index in [9.17, 15) is 9.59 Å². The van der Waals surface area contributed by atoms with Gasteiger partial charge >= 0.3 is 0 Å². The second-order valence-corrected chi connectivity index (χ2v) is 15.0. The molecule has 2 aliphatic rings. The number of amides is 1. The molecule has 0 bridgehead atoms. The number of nitrogens with zero attached hydrogens (tertiary/aromatic N) is 5. The van der Waals surface area contributed by atoms with Gasteiger partial charge in [0.2, 0.25) is 5.75 Å². The number of carbonyl (C=O) groups is 1. The number of rotatable bonds is 7. The number of allylic oxidation sites excluding steroid dienone is 1. The quantitative estimate of drug-likeness (QED) is 0.169. The summed E-state index contributed by atoms with van der Waals surface area (Å²) in [4.78, 5) is 37.2. The minimum absolute atomic E-state index is 0.0232. The van der Waals surface area contributed by atoms with Crippen LogP contribution in [0.25, 0.3) is 28.2 Å². The largest absolute Gasteiger partial charge is 0.493 e. The predicted molar refractivity (Wildman–Crippen MR) is 210 cm³/mol. The monoisotopic (exact) mass is 733 g/mol. The molecule has 1 aliphatic carbocycles. The number of fused-ring (bicyclic) bond motifs is 2. The maximum absolute atomic E-state index is 14.8. The Morgan fingerprint density at radius 2 is 1.55 bits per heavy atom. The Hall–Kier alpha value is -5.35. The molecule has 10 nitrogen and oxygen atoms in total. The molecule has 1 unspecified atom stereocenters. The number of methoxy groups -OCH3 is 3. The highest BCUT2D eigenvalue weighted by Gasteiger charge is 2.37. The fourth-order valence-electron chi connectivity index (χ4n) is 7.47. The van der Waals surface area contributed by atoms with E-state index in [1.165, 1.54) is 4.68 Å². The summed E-state index contributed by atoms with van der Waals surface area (Å²) in [7, 11) is 4.81. The van der Waals surface area contributed by atoms with E-state index < -0.39 is 0 Å². The molecule has 1 aliphatic heterocycles. The van der Waals surface area contributed by atoms with Gasteiger partial charge in [0.25, 0.3) is 11.5 Å². The van der Waals surface area contributed by atoms with Crippen molar-refractivity contribution in [3.05, 3.63) is 111 Å². The number of para-hydroxylation sites is 2. The molecule has 53 heavy (non-hydrogen) atoms. The van der Waals surface area contributed by atoms with E-state index in [1.807, 2.05) is 76.5 Å². The Morgan fingerprint density at radius 3 is 2.19 bits per heavy atom. The van der Waals surface area contributed by atoms with Gasteiger partial charge in [-0.3, -0.25) is 9.59 Å². The number of pyridine rings is 1. The summed E-state index contributed by atoms with van der Waals surface area (Å²) < 4.78 is 18.2. The van der Waals surface area contributed by atoms with E-state index >= 15 is 0 Å². The Labute approximate surface area is 314 Å². The SMILES string of the molecule is COc1cc(/C=C2/CC(C(C)(C)C)Cc3c2nc2ccccc2c3C(=O)N2CCN(c3cnn(-c4ccccc4)c(=O)c3Cl)CC2)cc(OC)c1OC. The third-order valence-electron chi connectivity index (χ3n) is 10.5. The van der Waals surface area contributed by atoms with Crippen LogP contribution in [0.2, 0.25) is 5.02 Å². The van der Waals surface area contributed by atoms with E-state index in [0.29, 0.717) is 60.4 Å². The average Bonchev–Trinajstić information content (AvgIpc) is 3.17. The maximum Gasteiger partial charge on any atom is 0.292 e. The number of ether oxygens (including phenoxy) is 3. The fraction of sp³-hybridized carbons (Fsp3) is 0.333. The van der Waals surface area contributed by atoms with Crippen molar-refractivity contribution in [2.45, 2.75) is 33.6 Å². The van der Waals surface area contributed by atoms with Gasteiger partial charge in [-0.25, -0.2) is 4.98 Å². The molecule has 7 rings (SSSR count). The summed E-state index contributed by atoms with van der Waals surface area (Å²) in [5.41, 5.74) is 6.02. The van der Waals surface area contributed by atoms with E-state index in [2.05, 4.69) is 31.9 Å². The zero-order valence-electron chi connectivity index (χ0n) is 31.0. The standard InChI is InChI=1S/C42H44ClN5O5/c1-42(2,3)28-23-27(20-26-21-34(51-4)39(53-6)35(22-26)52-5)38-31(24-28)36(30-14-10-11-15-32(30)45-38)40(49)47-18-16-46(17-19-47)33-25-44-48(41(50)37(33)43)29-12-8-7-9-13-29/h7-15,20-22,25,28H,16-19,23-24H2,1-6H3/b27-20-. The summed E-state index contributed by atoms with van der Waals surface area (Å²) in [6.45, 7) is 8.69. The van der Waals surface area contributed by atoms with Crippen molar-refractivity contribution in [2.75, 3.05) is 52.4 Å². The van der Waals surface area contributed by atoms with Crippen molar-refractivity contribution in [1.82, 2.24) is 19.7 Å². The second kappa shape index (κ2) is 14.6. The molecule has 0 radical (unpaired) electrons. The van der Waals surface area contributed by atoms with Gasteiger partial charge < -0.3 is 24.0 Å². The maximum atomic E-state index is 14.8. The minimum atomic E-state index is -0.382. The molecule has 0 spiro atoms. The van der Waals surface area contributed by atoms with Crippen LogP contribution in [-0.4, -0.2) is 73.1 Å². The zero-order valence-corrected chi connectivity index (χ0v) is 31.7. The molecule has 1 atom stereocenters. The summed E-state index contributed by atoms with van der Waals surface area (Å²) >= 11 is 6.66. The number of carbonyl (C=O) groups excluding carboxylic acids is 1. The summed E-state index contributed by atoms with van der Waals surface area (Å²) in [6.07, 6.45) is 5.29. The van der Waals surface area contributed by atoms with Gasteiger partial charge in [0, 0.05) is 31.6 Å². The number of aromatic nitrogens is 3. The highest BCUT2D eigenvalue weighted by atomic mass is 35.5. The number of halogens is 1. The minimum Gasteiger partial charge on any atom is -0.493 e. The van der Waals surface area contributed by atoms with Gasteiger partial charge in [0.05, 0.1) is 55.7 Å². The molecule has 3 aromatic carbocycles. The second-order valence-electron chi connectivity index (χ2n) is 14.6. The highest BCUT2D eigenvalue weighted by molar-refractivity contribution is 6.33. The Morgan fingerprint density at radius 1 is 0.887 bits per heavy atom. The predicted octanol–water partition coefficient (Wildman–Crippen LogP) is 7.57. The normalized spacial score (nSPS) is 16.8. The average molecular weight is 734 g/mol. The van der Waals surface area contributed by atoms with Crippen LogP contribution in [0.15, 0.2) is 77.7 Å². The summed E-state index contributed by atoms with van der Waals surface area (Å²) in [5.74, 6) is 1.89. The third kappa shape index (κ3) is 6.83. The first-order valence-corrected chi connectivity index (χ1v) is 18.2. The molecule has 1 amide bonds. The molecule has 5 aromatic rings. The lowest BCUT2D eigenvalue weighted by atomic mass is 9.68. The van der Waals surface area contributed by atoms with Gasteiger partial charge in [-0.15, -0.1) is 0 Å². The number of anilines is 1. The summed E-state index contributed by atoms with van der Waals surface area (Å²) in [6, 6.07) is 21.0. The molecule has 0 N–H and O–H groups in total. The first-order valence-electron chi connectivity index (χ1n) is 17.8. The van der Waals surface area contributed by atoms with Gasteiger partial charge in [-0.1, -0.05) is 68.8 Å². The van der Waals surface area contributed by atoms with E-state index in [1.54, 1.807) is 27.5 Å². The Balaban J connectivity index is 1.25. The molecule has 0 saturated carbocycles. The van der Waals surface area contributed by atoms with Crippen LogP contribution >= 0.6 is 11.6 Å². The van der Waals surface area contributed by atoms with Crippen LogP contribution in [0.3, 0.4) is 0 Å². The smallest absolute Gasteiger partial charge is 0.292 e. The van der Waals surface area contributed by atoms with E-state index in [4.69, 9.17) is 30.8 Å². The van der Waals surface area contributed by atoms with Crippen LogP contribution in [0, 0.1) is 11.3 Å². The topological polar surface area (TPSA) is 99.0 Å². The van der Waals surface area contributed by atoms with Crippen molar-refractivity contribution in [3.63, 3.8) is 0 Å². The van der Waals surface area contributed by atoms with Crippen LogP contribution in [-0.2, 0) is 6.42 Å². The van der Waals surface area contributed by atoms with Crippen molar-refractivity contribution >= 4 is 45.7 Å². The molecule has 1 fully saturated rings. The van der Waals surface area contributed by atoms with Crippen LogP contribution in [0.4, 0.5) is 5.69 Å². The fourth-order valence-corrected chi connectivity index (χ4v) is 7.72. The number of piperazine rings is 1. The van der Waals surface area contributed by atoms with Gasteiger partial charge in [-0.2, -0.15) is 9.78 Å². The van der Waals surface area contributed by atoms with Crippen LogP contribution in [0.1, 0.15) is 54.4 Å². The number of hydrogen-bond acceptors (Lipinski definition) is 8. The van der Waals surface area contributed by atoms with Gasteiger partial charge in [0.15, 0.2) is 11.5 Å². The molecule has 3 heterocycles. The number of benzene rings is 3. The molecular weight excluding hydrogens is 690 g/mol. The first-order chi connectivity index (χ1) is 25.5. The molecule has 11 heteroatoms. The molecule has 1 saturated heterocycles. The lowest BCUT2D eigenvalue weighted by Gasteiger charge is -2.39. The highest BCUT2D eigenvalue weighted by Crippen LogP contribution is 2.46. The number of hydrogen-bond donors (Lipinski definition) is 0. The van der Waals surface area contributed by atoms with Crippen LogP contribution < -0.4 is 24.7 Å². The Kier molecular flexibility index (Phi) is 9.91. The Bertz CT molecular complexity index is 2250. The molecular formula is C42H44ClN5O5. The van der Waals surface area contributed by atoms with Crippen LogP contribution in [0.5, 0.6) is 17.2 Å². The van der Waals surface area contributed by atoms with Crippen molar-refractivity contribution in [2.24, 2.45) is 11.3 Å². The third-order valence-corrected chi connectivity index (χ3v) is 10.8. The van der Waals surface area contributed by atoms with Crippen molar-refractivity contribution in [3.8, 4) is 22.9 Å². The lowest BCUT2D eigenvalue weighted by Crippen LogP contribution is -2.49. The first kappa shape index (κ1) is 36.0. The van der Waals surface area contributed by atoms with Crippen molar-refractivity contribution in [1.29, 1.82) is 0 Å². The summed E-state index contributed by atoms with van der Waals surface area (Å²) in [5, 5.41) is 5.38. The van der Waals surface area contributed by atoms with E-state index in [-0.39, 0.29) is 27.8 Å². The van der Waals surface area contributed by atoms with Crippen molar-refractivity contribution < 1.29 is 19.0 Å². The molecule has 2 aromatic heterocycles. The lowest BCUT2D eigenvalue weighted by molar-refractivity contribution is 0.0746. The molecule has 274 valence electrons.